The highest BCUT2D eigenvalue weighted by Crippen LogP contribution is 2.13. The van der Waals surface area contributed by atoms with Gasteiger partial charge in [0.25, 0.3) is 0 Å². The maximum absolute atomic E-state index is 10.2. The molecule has 0 atom stereocenters. The number of aliphatic carboxylic acids is 1. The zero-order valence-electron chi connectivity index (χ0n) is 5.62. The van der Waals surface area contributed by atoms with Crippen LogP contribution in [0.25, 0.3) is 0 Å². The molecule has 0 aromatic heterocycles. The molecule has 10 heavy (non-hydrogen) atoms. The van der Waals surface area contributed by atoms with Crippen LogP contribution >= 0.6 is 0 Å². The third-order valence-electron chi connectivity index (χ3n) is 1.71. The zero-order chi connectivity index (χ0) is 7.56. The molecular weight excluding hydrogens is 134 g/mol. The lowest BCUT2D eigenvalue weighted by molar-refractivity contribution is -0.147. The predicted molar refractivity (Wildman–Crippen MR) is 33.1 cm³/mol. The average molecular weight is 144 g/mol. The molecule has 1 aliphatic heterocycles. The van der Waals surface area contributed by atoms with Crippen LogP contribution in [0.3, 0.4) is 0 Å². The average Bonchev–Trinajstić information content (AvgIpc) is 1.76. The van der Waals surface area contributed by atoms with Crippen LogP contribution < -0.4 is 0 Å². The number of carboxylic acid groups (broad SMARTS) is 1. The van der Waals surface area contributed by atoms with Crippen LogP contribution in [0.2, 0.25) is 0 Å². The van der Waals surface area contributed by atoms with Crippen LogP contribution in [0.5, 0.6) is 0 Å². The summed E-state index contributed by atoms with van der Waals surface area (Å²) in [5.74, 6) is -0.978. The molecule has 0 aliphatic carbocycles. The summed E-state index contributed by atoms with van der Waals surface area (Å²) in [6.07, 6.45) is 0. The van der Waals surface area contributed by atoms with Crippen molar-refractivity contribution in [2.24, 2.45) is 5.92 Å². The highest BCUT2D eigenvalue weighted by Gasteiger charge is 2.31. The van der Waals surface area contributed by atoms with Crippen molar-refractivity contribution in [1.29, 1.82) is 0 Å². The maximum Gasteiger partial charge on any atom is 0.309 e. The molecule has 1 radical (unpaired) electrons. The SMILES string of the molecule is [O]CCN1CC(C(=O)O)C1. The van der Waals surface area contributed by atoms with Crippen LogP contribution in [0.4, 0.5) is 0 Å². The molecule has 1 fully saturated rings. The lowest BCUT2D eigenvalue weighted by Crippen LogP contribution is -2.51. The van der Waals surface area contributed by atoms with Gasteiger partial charge in [-0.25, -0.2) is 5.11 Å². The number of carbonyl (C=O) groups is 1. The Morgan fingerprint density at radius 2 is 2.20 bits per heavy atom. The molecule has 1 aliphatic rings. The smallest absolute Gasteiger partial charge is 0.309 e. The second-order valence-corrected chi connectivity index (χ2v) is 2.50. The molecule has 4 nitrogen and oxygen atoms in total. The van der Waals surface area contributed by atoms with Crippen molar-refractivity contribution in [3.8, 4) is 0 Å². The Morgan fingerprint density at radius 1 is 1.60 bits per heavy atom. The molecular formula is C6H10NO3. The summed E-state index contributed by atoms with van der Waals surface area (Å²) in [5, 5.41) is 18.4. The van der Waals surface area contributed by atoms with Gasteiger partial charge >= 0.3 is 5.97 Å². The largest absolute Gasteiger partial charge is 0.481 e. The fraction of sp³-hybridized carbons (Fsp3) is 0.833. The first kappa shape index (κ1) is 7.50. The van der Waals surface area contributed by atoms with E-state index in [4.69, 9.17) is 5.11 Å². The molecule has 1 saturated heterocycles. The fourth-order valence-corrected chi connectivity index (χ4v) is 1.04. The Kier molecular flexibility index (Phi) is 2.24. The van der Waals surface area contributed by atoms with E-state index in [0.717, 1.165) is 0 Å². The van der Waals surface area contributed by atoms with E-state index in [0.29, 0.717) is 19.6 Å². The first-order valence-corrected chi connectivity index (χ1v) is 3.27. The van der Waals surface area contributed by atoms with E-state index in [9.17, 15) is 9.90 Å². The molecule has 0 amide bonds. The van der Waals surface area contributed by atoms with Crippen molar-refractivity contribution in [3.63, 3.8) is 0 Å². The quantitative estimate of drug-likeness (QED) is 0.577. The normalized spacial score (nSPS) is 20.5. The molecule has 0 bridgehead atoms. The van der Waals surface area contributed by atoms with Gasteiger partial charge in [-0.1, -0.05) is 0 Å². The highest BCUT2D eigenvalue weighted by molar-refractivity contribution is 5.71. The third kappa shape index (κ3) is 1.46. The van der Waals surface area contributed by atoms with Gasteiger partial charge in [-0.15, -0.1) is 0 Å². The molecule has 0 aromatic rings. The summed E-state index contributed by atoms with van der Waals surface area (Å²) < 4.78 is 0. The van der Waals surface area contributed by atoms with E-state index in [2.05, 4.69) is 0 Å². The molecule has 0 spiro atoms. The summed E-state index contributed by atoms with van der Waals surface area (Å²) >= 11 is 0. The van der Waals surface area contributed by atoms with Gasteiger partial charge in [0, 0.05) is 19.6 Å². The van der Waals surface area contributed by atoms with Gasteiger partial charge in [0.2, 0.25) is 0 Å². The second kappa shape index (κ2) is 2.98. The number of rotatable bonds is 3. The van der Waals surface area contributed by atoms with Crippen molar-refractivity contribution < 1.29 is 15.0 Å². The highest BCUT2D eigenvalue weighted by atomic mass is 16.4. The Balaban J connectivity index is 2.12. The summed E-state index contributed by atoms with van der Waals surface area (Å²) in [6.45, 7) is 1.46. The third-order valence-corrected chi connectivity index (χ3v) is 1.71. The zero-order valence-corrected chi connectivity index (χ0v) is 5.62. The van der Waals surface area contributed by atoms with Crippen LogP contribution in [0, 0.1) is 5.92 Å². The minimum atomic E-state index is -0.748. The molecule has 1 rings (SSSR count). The Labute approximate surface area is 59.1 Å². The first-order valence-electron chi connectivity index (χ1n) is 3.27. The number of hydrogen-bond acceptors (Lipinski definition) is 2. The van der Waals surface area contributed by atoms with Crippen LogP contribution in [-0.2, 0) is 9.90 Å². The van der Waals surface area contributed by atoms with Crippen molar-refractivity contribution in [1.82, 2.24) is 4.90 Å². The minimum absolute atomic E-state index is 0.133. The lowest BCUT2D eigenvalue weighted by Gasteiger charge is -2.35. The monoisotopic (exact) mass is 144 g/mol. The topological polar surface area (TPSA) is 60.4 Å². The van der Waals surface area contributed by atoms with E-state index in [-0.39, 0.29) is 12.5 Å². The van der Waals surface area contributed by atoms with E-state index >= 15 is 0 Å². The second-order valence-electron chi connectivity index (χ2n) is 2.50. The van der Waals surface area contributed by atoms with Crippen LogP contribution in [-0.4, -0.2) is 42.2 Å². The van der Waals surface area contributed by atoms with Gasteiger partial charge in [-0.3, -0.25) is 9.69 Å². The molecule has 0 unspecified atom stereocenters. The predicted octanol–water partition coefficient (Wildman–Crippen LogP) is -0.567. The van der Waals surface area contributed by atoms with Crippen molar-refractivity contribution in [2.45, 2.75) is 0 Å². The standard InChI is InChI=1S/C6H10NO3/c8-2-1-7-3-5(4-7)6(9)10/h5H,1-4H2,(H,9,10). The Bertz CT molecular complexity index is 131. The number of carboxylic acids is 1. The summed E-state index contributed by atoms with van der Waals surface area (Å²) in [6, 6.07) is 0. The summed E-state index contributed by atoms with van der Waals surface area (Å²) in [4.78, 5) is 12.1. The molecule has 4 heteroatoms. The minimum Gasteiger partial charge on any atom is -0.481 e. The maximum atomic E-state index is 10.2. The van der Waals surface area contributed by atoms with Crippen molar-refractivity contribution in [3.05, 3.63) is 0 Å². The van der Waals surface area contributed by atoms with Crippen molar-refractivity contribution in [2.75, 3.05) is 26.2 Å². The van der Waals surface area contributed by atoms with Gasteiger partial charge < -0.3 is 5.11 Å². The van der Waals surface area contributed by atoms with Gasteiger partial charge in [0.1, 0.15) is 0 Å². The molecule has 0 saturated carbocycles. The lowest BCUT2D eigenvalue weighted by atomic mass is 10.0. The molecule has 0 aromatic carbocycles. The number of nitrogens with zero attached hydrogens (tertiary/aromatic N) is 1. The van der Waals surface area contributed by atoms with E-state index < -0.39 is 5.97 Å². The van der Waals surface area contributed by atoms with Gasteiger partial charge in [0.15, 0.2) is 0 Å². The molecule has 1 N–H and O–H groups in total. The number of hydrogen-bond donors (Lipinski definition) is 1. The van der Waals surface area contributed by atoms with E-state index in [1.165, 1.54) is 0 Å². The Hall–Kier alpha value is -0.610. The summed E-state index contributed by atoms with van der Waals surface area (Å²) in [5.41, 5.74) is 0. The van der Waals surface area contributed by atoms with Gasteiger partial charge in [0.05, 0.1) is 12.5 Å². The van der Waals surface area contributed by atoms with Crippen molar-refractivity contribution >= 4 is 5.97 Å². The first-order chi connectivity index (χ1) is 4.74. The van der Waals surface area contributed by atoms with Gasteiger partial charge in [-0.05, 0) is 0 Å². The summed E-state index contributed by atoms with van der Waals surface area (Å²) in [7, 11) is 0. The van der Waals surface area contributed by atoms with Gasteiger partial charge in [-0.2, -0.15) is 0 Å². The van der Waals surface area contributed by atoms with E-state index in [1.807, 2.05) is 4.90 Å². The molecule has 1 heterocycles. The number of likely N-dealkylation sites (tertiary alicyclic amines) is 1. The Morgan fingerprint density at radius 3 is 2.60 bits per heavy atom. The molecule has 57 valence electrons. The fourth-order valence-electron chi connectivity index (χ4n) is 1.04. The van der Waals surface area contributed by atoms with Crippen LogP contribution in [0.1, 0.15) is 0 Å². The van der Waals surface area contributed by atoms with Crippen LogP contribution in [0.15, 0.2) is 0 Å². The van der Waals surface area contributed by atoms with E-state index in [1.54, 1.807) is 0 Å².